The fourth-order valence-corrected chi connectivity index (χ4v) is 3.48. The van der Waals surface area contributed by atoms with Gasteiger partial charge in [-0.3, -0.25) is 0 Å². The van der Waals surface area contributed by atoms with Crippen LogP contribution in [-0.4, -0.2) is 23.8 Å². The molecule has 0 saturated carbocycles. The predicted octanol–water partition coefficient (Wildman–Crippen LogP) is 3.36. The molecule has 102 valence electrons. The zero-order valence-corrected chi connectivity index (χ0v) is 12.7. The number of rotatable bonds is 6. The van der Waals surface area contributed by atoms with Crippen molar-refractivity contribution < 1.29 is 9.84 Å². The van der Waals surface area contributed by atoms with Crippen molar-refractivity contribution in [1.29, 1.82) is 0 Å². The van der Waals surface area contributed by atoms with Gasteiger partial charge < -0.3 is 9.84 Å². The molecular formula is C14H17NO2S2. The third-order valence-corrected chi connectivity index (χ3v) is 4.75. The molecule has 0 atom stereocenters. The van der Waals surface area contributed by atoms with Gasteiger partial charge >= 0.3 is 0 Å². The molecule has 2 aromatic rings. The lowest BCUT2D eigenvalue weighted by atomic mass is 10.3. The summed E-state index contributed by atoms with van der Waals surface area (Å²) in [5.74, 6) is 0. The molecule has 19 heavy (non-hydrogen) atoms. The molecule has 0 saturated heterocycles. The number of aliphatic hydroxyl groups excluding tert-OH is 1. The minimum atomic E-state index is 0.178. The van der Waals surface area contributed by atoms with Gasteiger partial charge in [-0.05, 0) is 36.1 Å². The number of ether oxygens (including phenoxy) is 1. The molecule has 0 aromatic carbocycles. The second-order valence-corrected chi connectivity index (χ2v) is 6.22. The standard InChI is InChI=1S/C14H17NO2S2/c1-10-13(5-6-16)19-14(15-10)4-3-12-7-11(8-17-2)9-18-12/h3-4,7,9,16H,5-6,8H2,1-2H3/b4-3+. The topological polar surface area (TPSA) is 42.4 Å². The van der Waals surface area contributed by atoms with E-state index in [4.69, 9.17) is 9.84 Å². The summed E-state index contributed by atoms with van der Waals surface area (Å²) in [5.41, 5.74) is 2.22. The number of hydrogen-bond donors (Lipinski definition) is 1. The van der Waals surface area contributed by atoms with Crippen molar-refractivity contribution in [2.45, 2.75) is 20.0 Å². The number of aryl methyl sites for hydroxylation is 1. The number of aromatic nitrogens is 1. The van der Waals surface area contributed by atoms with Crippen molar-refractivity contribution >= 4 is 34.8 Å². The summed E-state index contributed by atoms with van der Waals surface area (Å²) in [6.45, 7) is 2.82. The molecule has 0 amide bonds. The molecule has 0 aliphatic carbocycles. The zero-order chi connectivity index (χ0) is 13.7. The molecule has 0 unspecified atom stereocenters. The Balaban J connectivity index is 2.06. The molecule has 2 aromatic heterocycles. The summed E-state index contributed by atoms with van der Waals surface area (Å²) < 4.78 is 5.10. The monoisotopic (exact) mass is 295 g/mol. The first-order chi connectivity index (χ1) is 9.22. The van der Waals surface area contributed by atoms with E-state index < -0.39 is 0 Å². The van der Waals surface area contributed by atoms with Crippen molar-refractivity contribution in [2.75, 3.05) is 13.7 Å². The van der Waals surface area contributed by atoms with Gasteiger partial charge in [0.1, 0.15) is 5.01 Å². The van der Waals surface area contributed by atoms with Crippen LogP contribution in [0.4, 0.5) is 0 Å². The van der Waals surface area contributed by atoms with E-state index in [1.165, 1.54) is 10.4 Å². The van der Waals surface area contributed by atoms with E-state index in [0.717, 1.165) is 15.6 Å². The molecule has 0 radical (unpaired) electrons. The van der Waals surface area contributed by atoms with Crippen LogP contribution in [0.15, 0.2) is 11.4 Å². The van der Waals surface area contributed by atoms with E-state index >= 15 is 0 Å². The fourth-order valence-electron chi connectivity index (χ4n) is 1.73. The first-order valence-corrected chi connectivity index (χ1v) is 7.74. The Kier molecular flexibility index (Phi) is 5.27. The van der Waals surface area contributed by atoms with Gasteiger partial charge in [0.25, 0.3) is 0 Å². The predicted molar refractivity (Wildman–Crippen MR) is 81.6 cm³/mol. The Morgan fingerprint density at radius 3 is 3.00 bits per heavy atom. The van der Waals surface area contributed by atoms with E-state index in [2.05, 4.69) is 22.5 Å². The number of methoxy groups -OCH3 is 1. The van der Waals surface area contributed by atoms with Gasteiger partial charge in [-0.25, -0.2) is 4.98 Å². The first-order valence-electron chi connectivity index (χ1n) is 6.04. The smallest absolute Gasteiger partial charge is 0.116 e. The highest BCUT2D eigenvalue weighted by Crippen LogP contribution is 2.22. The summed E-state index contributed by atoms with van der Waals surface area (Å²) in [6, 6.07) is 2.12. The van der Waals surface area contributed by atoms with Crippen LogP contribution in [0.5, 0.6) is 0 Å². The molecule has 0 bridgehead atoms. The second kappa shape index (κ2) is 6.96. The van der Waals surface area contributed by atoms with Gasteiger partial charge in [-0.1, -0.05) is 0 Å². The van der Waals surface area contributed by atoms with Gasteiger partial charge in [0.15, 0.2) is 0 Å². The number of nitrogens with zero attached hydrogens (tertiary/aromatic N) is 1. The van der Waals surface area contributed by atoms with Crippen molar-refractivity contribution in [1.82, 2.24) is 4.98 Å². The Morgan fingerprint density at radius 1 is 1.42 bits per heavy atom. The first kappa shape index (κ1) is 14.4. The number of aliphatic hydroxyl groups is 1. The van der Waals surface area contributed by atoms with Crippen molar-refractivity contribution in [3.8, 4) is 0 Å². The van der Waals surface area contributed by atoms with Crippen LogP contribution in [0.2, 0.25) is 0 Å². The minimum absolute atomic E-state index is 0.178. The maximum absolute atomic E-state index is 8.97. The summed E-state index contributed by atoms with van der Waals surface area (Å²) in [6.07, 6.45) is 4.79. The Bertz CT molecular complexity index is 558. The molecule has 3 nitrogen and oxygen atoms in total. The van der Waals surface area contributed by atoms with Crippen LogP contribution < -0.4 is 0 Å². The average Bonchev–Trinajstić information content (AvgIpc) is 2.96. The van der Waals surface area contributed by atoms with Crippen LogP contribution in [0.25, 0.3) is 12.2 Å². The van der Waals surface area contributed by atoms with E-state index in [0.29, 0.717) is 13.0 Å². The number of thiazole rings is 1. The zero-order valence-electron chi connectivity index (χ0n) is 11.0. The molecule has 2 heterocycles. The van der Waals surface area contributed by atoms with Crippen LogP contribution in [-0.2, 0) is 17.8 Å². The fraction of sp³-hybridized carbons (Fsp3) is 0.357. The van der Waals surface area contributed by atoms with Crippen LogP contribution in [0.1, 0.15) is 26.0 Å². The molecule has 5 heteroatoms. The lowest BCUT2D eigenvalue weighted by Crippen LogP contribution is -1.88. The SMILES string of the molecule is COCc1csc(/C=C/c2nc(C)c(CCO)s2)c1. The normalized spacial score (nSPS) is 11.5. The summed E-state index contributed by atoms with van der Waals surface area (Å²) in [5, 5.41) is 12.1. The Hall–Kier alpha value is -1.01. The van der Waals surface area contributed by atoms with Crippen molar-refractivity contribution in [3.05, 3.63) is 37.5 Å². The van der Waals surface area contributed by atoms with Crippen molar-refractivity contribution in [2.24, 2.45) is 0 Å². The maximum Gasteiger partial charge on any atom is 0.116 e. The Labute approximate surface area is 121 Å². The molecule has 1 N–H and O–H groups in total. The summed E-state index contributed by atoms with van der Waals surface area (Å²) >= 11 is 3.34. The lowest BCUT2D eigenvalue weighted by molar-refractivity contribution is 0.185. The molecular weight excluding hydrogens is 278 g/mol. The molecule has 0 aliphatic rings. The van der Waals surface area contributed by atoms with E-state index in [-0.39, 0.29) is 6.61 Å². The summed E-state index contributed by atoms with van der Waals surface area (Å²) in [4.78, 5) is 6.85. The van der Waals surface area contributed by atoms with Gasteiger partial charge in [-0.2, -0.15) is 0 Å². The third kappa shape index (κ3) is 3.98. The highest BCUT2D eigenvalue weighted by molar-refractivity contribution is 7.13. The van der Waals surface area contributed by atoms with E-state index in [1.54, 1.807) is 29.8 Å². The minimum Gasteiger partial charge on any atom is -0.396 e. The lowest BCUT2D eigenvalue weighted by Gasteiger charge is -1.90. The van der Waals surface area contributed by atoms with Crippen LogP contribution >= 0.6 is 22.7 Å². The Morgan fingerprint density at radius 2 is 2.26 bits per heavy atom. The van der Waals surface area contributed by atoms with Gasteiger partial charge in [0.05, 0.1) is 12.3 Å². The molecule has 0 fully saturated rings. The highest BCUT2D eigenvalue weighted by atomic mass is 32.1. The number of hydrogen-bond acceptors (Lipinski definition) is 5. The number of thiophene rings is 1. The molecule has 2 rings (SSSR count). The quantitative estimate of drug-likeness (QED) is 0.888. The van der Waals surface area contributed by atoms with Crippen LogP contribution in [0, 0.1) is 6.92 Å². The van der Waals surface area contributed by atoms with Crippen LogP contribution in [0.3, 0.4) is 0 Å². The largest absolute Gasteiger partial charge is 0.396 e. The maximum atomic E-state index is 8.97. The third-order valence-electron chi connectivity index (χ3n) is 2.62. The van der Waals surface area contributed by atoms with E-state index in [1.807, 2.05) is 13.0 Å². The molecule has 0 spiro atoms. The average molecular weight is 295 g/mol. The van der Waals surface area contributed by atoms with Gasteiger partial charge in [0.2, 0.25) is 0 Å². The van der Waals surface area contributed by atoms with E-state index in [9.17, 15) is 0 Å². The van der Waals surface area contributed by atoms with Gasteiger partial charge in [-0.15, -0.1) is 22.7 Å². The molecule has 0 aliphatic heterocycles. The second-order valence-electron chi connectivity index (χ2n) is 4.16. The van der Waals surface area contributed by atoms with Crippen molar-refractivity contribution in [3.63, 3.8) is 0 Å². The summed E-state index contributed by atoms with van der Waals surface area (Å²) in [7, 11) is 1.70. The van der Waals surface area contributed by atoms with Gasteiger partial charge in [0, 0.05) is 29.9 Å². The highest BCUT2D eigenvalue weighted by Gasteiger charge is 2.04.